The largest absolute Gasteiger partial charge is 0.480 e. The Kier molecular flexibility index (Phi) is 12.1. The van der Waals surface area contributed by atoms with Crippen LogP contribution in [0.4, 0.5) is 0 Å². The first-order valence-corrected chi connectivity index (χ1v) is 11.3. The summed E-state index contributed by atoms with van der Waals surface area (Å²) in [7, 11) is 0. The Morgan fingerprint density at radius 3 is 1.91 bits per heavy atom. The zero-order valence-electron chi connectivity index (χ0n) is 19.8. The number of rotatable bonds is 14. The van der Waals surface area contributed by atoms with Crippen LogP contribution in [0, 0.1) is 5.92 Å². The SMILES string of the molecule is CCCC(=O)OCC(C)C(c1ccc(OC(=O)CCC)c(OC(=O)CCC)c1)[C@H](N)C(=O)O. The number of carbonyl (C=O) groups excluding carboxylic acids is 3. The van der Waals surface area contributed by atoms with E-state index in [2.05, 4.69) is 0 Å². The number of carboxylic acids is 1. The van der Waals surface area contributed by atoms with Gasteiger partial charge in [-0.2, -0.15) is 0 Å². The number of ether oxygens (including phenoxy) is 3. The van der Waals surface area contributed by atoms with Gasteiger partial charge in [0.05, 0.1) is 6.61 Å². The summed E-state index contributed by atoms with van der Waals surface area (Å²) < 4.78 is 16.0. The van der Waals surface area contributed by atoms with Crippen molar-refractivity contribution in [1.29, 1.82) is 0 Å². The standard InChI is InChI=1S/C24H35NO8/c1-5-8-19(26)31-14-15(4)22(23(25)24(29)30)16-11-12-17(32-20(27)9-6-2)18(13-16)33-21(28)10-7-3/h11-13,15,22-23H,5-10,14,25H2,1-4H3,(H,29,30)/t15?,22?,23-/m0/s1. The lowest BCUT2D eigenvalue weighted by molar-refractivity contribution is -0.145. The normalized spacial score (nSPS) is 13.5. The molecule has 2 unspecified atom stereocenters. The van der Waals surface area contributed by atoms with Gasteiger partial charge in [-0.05, 0) is 42.9 Å². The first-order chi connectivity index (χ1) is 15.6. The van der Waals surface area contributed by atoms with E-state index in [4.69, 9.17) is 19.9 Å². The molecule has 1 aromatic rings. The molecule has 0 aliphatic rings. The van der Waals surface area contributed by atoms with Gasteiger partial charge in [0.15, 0.2) is 11.5 Å². The molecule has 184 valence electrons. The maximum Gasteiger partial charge on any atom is 0.321 e. The topological polar surface area (TPSA) is 142 Å². The second-order valence-corrected chi connectivity index (χ2v) is 7.95. The van der Waals surface area contributed by atoms with Gasteiger partial charge in [-0.25, -0.2) is 0 Å². The summed E-state index contributed by atoms with van der Waals surface area (Å²) in [5.41, 5.74) is 6.44. The highest BCUT2D eigenvalue weighted by Crippen LogP contribution is 2.36. The zero-order valence-corrected chi connectivity index (χ0v) is 19.8. The summed E-state index contributed by atoms with van der Waals surface area (Å²) in [6.07, 6.45) is 2.40. The van der Waals surface area contributed by atoms with E-state index in [0.29, 0.717) is 24.8 Å². The molecular weight excluding hydrogens is 430 g/mol. The Bertz CT molecular complexity index is 823. The summed E-state index contributed by atoms with van der Waals surface area (Å²) in [5.74, 6) is -3.74. The maximum absolute atomic E-state index is 12.1. The van der Waals surface area contributed by atoms with Crippen LogP contribution in [0.1, 0.15) is 77.7 Å². The monoisotopic (exact) mass is 465 g/mol. The van der Waals surface area contributed by atoms with Crippen LogP contribution in [-0.2, 0) is 23.9 Å². The van der Waals surface area contributed by atoms with Crippen LogP contribution >= 0.6 is 0 Å². The van der Waals surface area contributed by atoms with Crippen LogP contribution in [0.15, 0.2) is 18.2 Å². The summed E-state index contributed by atoms with van der Waals surface area (Å²) in [4.78, 5) is 47.6. The molecule has 1 rings (SSSR count). The second-order valence-electron chi connectivity index (χ2n) is 7.95. The fraction of sp³-hybridized carbons (Fsp3) is 0.583. The molecule has 0 amide bonds. The van der Waals surface area contributed by atoms with Gasteiger partial charge in [0.1, 0.15) is 6.04 Å². The van der Waals surface area contributed by atoms with Gasteiger partial charge in [0, 0.05) is 25.2 Å². The molecule has 1 aromatic carbocycles. The number of aliphatic carboxylic acids is 1. The number of carbonyl (C=O) groups is 4. The number of esters is 3. The third kappa shape index (κ3) is 9.21. The van der Waals surface area contributed by atoms with Gasteiger partial charge in [0.2, 0.25) is 0 Å². The van der Waals surface area contributed by atoms with Crippen molar-refractivity contribution in [2.45, 2.75) is 78.2 Å². The fourth-order valence-electron chi connectivity index (χ4n) is 3.30. The predicted octanol–water partition coefficient (Wildman–Crippen LogP) is 3.57. The van der Waals surface area contributed by atoms with Gasteiger partial charge in [-0.15, -0.1) is 0 Å². The van der Waals surface area contributed by atoms with Crippen molar-refractivity contribution in [3.8, 4) is 11.5 Å². The average molecular weight is 466 g/mol. The molecule has 0 aromatic heterocycles. The highest BCUT2D eigenvalue weighted by molar-refractivity contribution is 5.77. The van der Waals surface area contributed by atoms with E-state index in [1.54, 1.807) is 13.0 Å². The molecule has 33 heavy (non-hydrogen) atoms. The molecule has 3 atom stereocenters. The van der Waals surface area contributed by atoms with Crippen molar-refractivity contribution in [1.82, 2.24) is 0 Å². The minimum atomic E-state index is -1.31. The van der Waals surface area contributed by atoms with E-state index in [1.807, 2.05) is 20.8 Å². The molecule has 0 radical (unpaired) electrons. The quantitative estimate of drug-likeness (QED) is 0.311. The average Bonchev–Trinajstić information content (AvgIpc) is 2.74. The number of carboxylic acid groups (broad SMARTS) is 1. The molecule has 0 saturated carbocycles. The van der Waals surface area contributed by atoms with Crippen molar-refractivity contribution < 1.29 is 38.5 Å². The number of hydrogen-bond acceptors (Lipinski definition) is 8. The number of hydrogen-bond donors (Lipinski definition) is 2. The maximum atomic E-state index is 12.1. The van der Waals surface area contributed by atoms with Crippen LogP contribution in [0.5, 0.6) is 11.5 Å². The van der Waals surface area contributed by atoms with Gasteiger partial charge >= 0.3 is 23.9 Å². The van der Waals surface area contributed by atoms with Crippen molar-refractivity contribution in [3.05, 3.63) is 23.8 Å². The van der Waals surface area contributed by atoms with Crippen molar-refractivity contribution in [2.75, 3.05) is 6.61 Å². The number of benzene rings is 1. The van der Waals surface area contributed by atoms with E-state index in [-0.39, 0.29) is 43.3 Å². The highest BCUT2D eigenvalue weighted by atomic mass is 16.6. The first-order valence-electron chi connectivity index (χ1n) is 11.3. The summed E-state index contributed by atoms with van der Waals surface area (Å²) in [5, 5.41) is 9.55. The van der Waals surface area contributed by atoms with Crippen molar-refractivity contribution in [2.24, 2.45) is 11.7 Å². The van der Waals surface area contributed by atoms with Crippen molar-refractivity contribution in [3.63, 3.8) is 0 Å². The van der Waals surface area contributed by atoms with Crippen molar-refractivity contribution >= 4 is 23.9 Å². The smallest absolute Gasteiger partial charge is 0.321 e. The number of nitrogens with two attached hydrogens (primary N) is 1. The molecule has 0 heterocycles. The summed E-state index contributed by atoms with van der Waals surface area (Å²) >= 11 is 0. The molecular formula is C24H35NO8. The molecule has 9 nitrogen and oxygen atoms in total. The minimum absolute atomic E-state index is 0.00756. The molecule has 0 spiro atoms. The van der Waals surface area contributed by atoms with Gasteiger partial charge < -0.3 is 25.1 Å². The second kappa shape index (κ2) is 14.3. The third-order valence-electron chi connectivity index (χ3n) is 4.95. The van der Waals surface area contributed by atoms with E-state index in [1.165, 1.54) is 12.1 Å². The van der Waals surface area contributed by atoms with Crippen LogP contribution in [0.2, 0.25) is 0 Å². The molecule has 9 heteroatoms. The molecule has 0 saturated heterocycles. The lowest BCUT2D eigenvalue weighted by Crippen LogP contribution is -2.40. The molecule has 3 N–H and O–H groups in total. The van der Waals surface area contributed by atoms with E-state index in [9.17, 15) is 24.3 Å². The Labute approximate surface area is 194 Å². The van der Waals surface area contributed by atoms with E-state index < -0.39 is 35.8 Å². The Hall–Kier alpha value is -2.94. The lowest BCUT2D eigenvalue weighted by Gasteiger charge is -2.28. The Morgan fingerprint density at radius 2 is 1.39 bits per heavy atom. The molecule has 0 fully saturated rings. The Balaban J connectivity index is 3.31. The molecule has 0 aliphatic heterocycles. The van der Waals surface area contributed by atoms with Gasteiger partial charge in [0.25, 0.3) is 0 Å². The van der Waals surface area contributed by atoms with Crippen LogP contribution < -0.4 is 15.2 Å². The van der Waals surface area contributed by atoms with Gasteiger partial charge in [-0.1, -0.05) is 33.8 Å². The Morgan fingerprint density at radius 1 is 0.879 bits per heavy atom. The first kappa shape index (κ1) is 28.1. The third-order valence-corrected chi connectivity index (χ3v) is 4.95. The van der Waals surface area contributed by atoms with E-state index >= 15 is 0 Å². The molecule has 0 bridgehead atoms. The van der Waals surface area contributed by atoms with Crippen LogP contribution in [-0.4, -0.2) is 41.6 Å². The van der Waals surface area contributed by atoms with Crippen LogP contribution in [0.25, 0.3) is 0 Å². The molecule has 0 aliphatic carbocycles. The van der Waals surface area contributed by atoms with Gasteiger partial charge in [-0.3, -0.25) is 19.2 Å². The van der Waals surface area contributed by atoms with Crippen LogP contribution in [0.3, 0.4) is 0 Å². The summed E-state index contributed by atoms with van der Waals surface area (Å²) in [6, 6.07) is 3.18. The predicted molar refractivity (Wildman–Crippen MR) is 121 cm³/mol. The summed E-state index contributed by atoms with van der Waals surface area (Å²) in [6.45, 7) is 7.21. The van der Waals surface area contributed by atoms with E-state index in [0.717, 1.165) is 0 Å². The lowest BCUT2D eigenvalue weighted by atomic mass is 9.82. The highest BCUT2D eigenvalue weighted by Gasteiger charge is 2.32. The zero-order chi connectivity index (χ0) is 25.0. The minimum Gasteiger partial charge on any atom is -0.480 e. The fourth-order valence-corrected chi connectivity index (χ4v) is 3.30.